The van der Waals surface area contributed by atoms with Crippen molar-refractivity contribution < 1.29 is 9.90 Å². The number of aromatic amines is 1. The monoisotopic (exact) mass is 274 g/mol. The molecule has 1 amide bonds. The van der Waals surface area contributed by atoms with Crippen molar-refractivity contribution in [3.63, 3.8) is 0 Å². The molecule has 1 aromatic heterocycles. The van der Waals surface area contributed by atoms with Gasteiger partial charge in [0.25, 0.3) is 11.5 Å². The third kappa shape index (κ3) is 2.88. The van der Waals surface area contributed by atoms with Crippen LogP contribution in [0.25, 0.3) is 10.8 Å². The molecule has 1 atom stereocenters. The fourth-order valence-corrected chi connectivity index (χ4v) is 2.00. The lowest BCUT2D eigenvalue weighted by molar-refractivity contribution is 0.0891. The topological polar surface area (TPSA) is 82.2 Å². The minimum atomic E-state index is -0.388. The van der Waals surface area contributed by atoms with Gasteiger partial charge in [0, 0.05) is 5.39 Å². The molecule has 2 aromatic rings. The Hall–Kier alpha value is -2.14. The first-order valence-electron chi connectivity index (χ1n) is 6.56. The number of carbonyl (C=O) groups is 1. The molecule has 0 unspecified atom stereocenters. The lowest BCUT2D eigenvalue weighted by Crippen LogP contribution is -2.41. The van der Waals surface area contributed by atoms with E-state index in [0.717, 1.165) is 0 Å². The molecule has 5 nitrogen and oxygen atoms in total. The average molecular weight is 274 g/mol. The van der Waals surface area contributed by atoms with Gasteiger partial charge in [0.1, 0.15) is 5.69 Å². The number of hydrogen-bond acceptors (Lipinski definition) is 3. The van der Waals surface area contributed by atoms with Gasteiger partial charge in [0.15, 0.2) is 0 Å². The number of aromatic nitrogens is 1. The number of fused-ring (bicyclic) bond motifs is 1. The summed E-state index contributed by atoms with van der Waals surface area (Å²) >= 11 is 0. The number of pyridine rings is 1. The zero-order valence-electron chi connectivity index (χ0n) is 11.5. The van der Waals surface area contributed by atoms with Crippen molar-refractivity contribution in [2.24, 2.45) is 5.92 Å². The highest BCUT2D eigenvalue weighted by atomic mass is 16.3. The first-order valence-corrected chi connectivity index (χ1v) is 6.56. The number of hydrogen-bond donors (Lipinski definition) is 3. The molecular formula is C15H18N2O3. The molecule has 0 aliphatic heterocycles. The van der Waals surface area contributed by atoms with Crippen LogP contribution in [0.5, 0.6) is 0 Å². The molecule has 0 aliphatic rings. The van der Waals surface area contributed by atoms with E-state index in [4.69, 9.17) is 0 Å². The third-order valence-corrected chi connectivity index (χ3v) is 3.32. The van der Waals surface area contributed by atoms with Gasteiger partial charge in [-0.2, -0.15) is 0 Å². The van der Waals surface area contributed by atoms with Gasteiger partial charge in [-0.1, -0.05) is 32.0 Å². The molecule has 1 aromatic carbocycles. The van der Waals surface area contributed by atoms with Crippen LogP contribution in [0.15, 0.2) is 35.1 Å². The van der Waals surface area contributed by atoms with Gasteiger partial charge in [-0.05, 0) is 23.4 Å². The number of aliphatic hydroxyl groups is 1. The van der Waals surface area contributed by atoms with Crippen LogP contribution in [0.3, 0.4) is 0 Å². The highest BCUT2D eigenvalue weighted by molar-refractivity contribution is 5.96. The Balaban J connectivity index is 2.33. The summed E-state index contributed by atoms with van der Waals surface area (Å²) in [5, 5.41) is 13.2. The zero-order chi connectivity index (χ0) is 14.7. The molecule has 3 N–H and O–H groups in total. The second kappa shape index (κ2) is 5.88. The summed E-state index contributed by atoms with van der Waals surface area (Å²) in [5.41, 5.74) is -0.0915. The molecule has 0 saturated heterocycles. The number of aliphatic hydroxyl groups excluding tert-OH is 1. The summed E-state index contributed by atoms with van der Waals surface area (Å²) < 4.78 is 0. The van der Waals surface area contributed by atoms with Crippen molar-refractivity contribution in [3.05, 3.63) is 46.4 Å². The van der Waals surface area contributed by atoms with Gasteiger partial charge in [-0.15, -0.1) is 0 Å². The normalized spacial score (nSPS) is 12.6. The van der Waals surface area contributed by atoms with E-state index in [1.165, 1.54) is 0 Å². The van der Waals surface area contributed by atoms with Crippen LogP contribution in [0.4, 0.5) is 0 Å². The van der Waals surface area contributed by atoms with Crippen molar-refractivity contribution in [2.75, 3.05) is 6.61 Å². The van der Waals surface area contributed by atoms with Crippen molar-refractivity contribution in [1.82, 2.24) is 10.3 Å². The molecule has 0 aliphatic carbocycles. The summed E-state index contributed by atoms with van der Waals surface area (Å²) in [6.07, 6.45) is 0. The standard InChI is InChI=1S/C15H18N2O3/c1-9(2)13(8-18)17-15(20)12-7-10-5-3-4-6-11(10)14(19)16-12/h3-7,9,13,18H,8H2,1-2H3,(H,16,19)(H,17,20)/t13-/m1/s1. The number of benzene rings is 1. The first-order chi connectivity index (χ1) is 9.52. The van der Waals surface area contributed by atoms with Crippen molar-refractivity contribution in [3.8, 4) is 0 Å². The van der Waals surface area contributed by atoms with E-state index < -0.39 is 0 Å². The van der Waals surface area contributed by atoms with Crippen LogP contribution in [-0.4, -0.2) is 28.6 Å². The Labute approximate surface area is 116 Å². The smallest absolute Gasteiger partial charge is 0.268 e. The molecule has 0 bridgehead atoms. The quantitative estimate of drug-likeness (QED) is 0.785. The Morgan fingerprint density at radius 1 is 1.35 bits per heavy atom. The number of H-pyrrole nitrogens is 1. The largest absolute Gasteiger partial charge is 0.394 e. The lowest BCUT2D eigenvalue weighted by Gasteiger charge is -2.19. The van der Waals surface area contributed by atoms with E-state index in [-0.39, 0.29) is 35.7 Å². The van der Waals surface area contributed by atoms with Gasteiger partial charge in [-0.3, -0.25) is 9.59 Å². The number of rotatable bonds is 4. The fraction of sp³-hybridized carbons (Fsp3) is 0.333. The van der Waals surface area contributed by atoms with Crippen molar-refractivity contribution >= 4 is 16.7 Å². The Kier molecular flexibility index (Phi) is 4.20. The second-order valence-electron chi connectivity index (χ2n) is 5.11. The number of carbonyl (C=O) groups excluding carboxylic acids is 1. The molecule has 1 heterocycles. The highest BCUT2D eigenvalue weighted by Crippen LogP contribution is 2.10. The van der Waals surface area contributed by atoms with E-state index in [2.05, 4.69) is 10.3 Å². The van der Waals surface area contributed by atoms with Gasteiger partial charge in [-0.25, -0.2) is 0 Å². The second-order valence-corrected chi connectivity index (χ2v) is 5.11. The lowest BCUT2D eigenvalue weighted by atomic mass is 10.1. The van der Waals surface area contributed by atoms with E-state index in [9.17, 15) is 14.7 Å². The van der Waals surface area contributed by atoms with E-state index >= 15 is 0 Å². The Morgan fingerprint density at radius 2 is 2.05 bits per heavy atom. The van der Waals surface area contributed by atoms with Crippen LogP contribution in [-0.2, 0) is 0 Å². The Morgan fingerprint density at radius 3 is 2.70 bits per heavy atom. The predicted molar refractivity (Wildman–Crippen MR) is 77.7 cm³/mol. The average Bonchev–Trinajstić information content (AvgIpc) is 2.44. The van der Waals surface area contributed by atoms with Crippen LogP contribution in [0, 0.1) is 5.92 Å². The van der Waals surface area contributed by atoms with Crippen LogP contribution in [0.2, 0.25) is 0 Å². The Bertz CT molecular complexity index is 676. The van der Waals surface area contributed by atoms with E-state index in [1.807, 2.05) is 19.9 Å². The maximum atomic E-state index is 12.1. The molecule has 5 heteroatoms. The molecule has 2 rings (SSSR count). The zero-order valence-corrected chi connectivity index (χ0v) is 11.5. The van der Waals surface area contributed by atoms with E-state index in [1.54, 1.807) is 24.3 Å². The van der Waals surface area contributed by atoms with Gasteiger partial charge < -0.3 is 15.4 Å². The van der Waals surface area contributed by atoms with E-state index in [0.29, 0.717) is 10.8 Å². The molecule has 0 radical (unpaired) electrons. The molecule has 0 saturated carbocycles. The summed E-state index contributed by atoms with van der Waals surface area (Å²) in [6, 6.07) is 8.39. The third-order valence-electron chi connectivity index (χ3n) is 3.32. The van der Waals surface area contributed by atoms with Gasteiger partial charge in [0.05, 0.1) is 12.6 Å². The predicted octanol–water partition coefficient (Wildman–Crippen LogP) is 1.27. The van der Waals surface area contributed by atoms with Crippen molar-refractivity contribution in [2.45, 2.75) is 19.9 Å². The SMILES string of the molecule is CC(C)[C@@H](CO)NC(=O)c1cc2ccccc2c(=O)[nH]1. The number of amides is 1. The maximum absolute atomic E-state index is 12.1. The van der Waals surface area contributed by atoms with Crippen LogP contribution < -0.4 is 10.9 Å². The highest BCUT2D eigenvalue weighted by Gasteiger charge is 2.17. The van der Waals surface area contributed by atoms with Gasteiger partial charge >= 0.3 is 0 Å². The minimum Gasteiger partial charge on any atom is -0.394 e. The molecule has 20 heavy (non-hydrogen) atoms. The number of nitrogens with one attached hydrogen (secondary N) is 2. The van der Waals surface area contributed by atoms with Crippen molar-refractivity contribution in [1.29, 1.82) is 0 Å². The van der Waals surface area contributed by atoms with Crippen LogP contribution >= 0.6 is 0 Å². The van der Waals surface area contributed by atoms with Crippen LogP contribution in [0.1, 0.15) is 24.3 Å². The van der Waals surface area contributed by atoms with Gasteiger partial charge in [0.2, 0.25) is 0 Å². The molecule has 0 spiro atoms. The summed E-state index contributed by atoms with van der Waals surface area (Å²) in [7, 11) is 0. The maximum Gasteiger partial charge on any atom is 0.268 e. The first kappa shape index (κ1) is 14.3. The molecule has 0 fully saturated rings. The minimum absolute atomic E-state index is 0.108. The summed E-state index contributed by atoms with van der Waals surface area (Å²) in [6.45, 7) is 3.68. The molecule has 106 valence electrons. The molecular weight excluding hydrogens is 256 g/mol. The fourth-order valence-electron chi connectivity index (χ4n) is 2.00. The summed E-state index contributed by atoms with van der Waals surface area (Å²) in [5.74, 6) is -0.281. The summed E-state index contributed by atoms with van der Waals surface area (Å²) in [4.78, 5) is 26.6.